The number of likely N-dealkylation sites (tertiary alicyclic amines) is 1. The first-order valence-corrected chi connectivity index (χ1v) is 11.7. The van der Waals surface area contributed by atoms with Crippen molar-refractivity contribution in [2.24, 2.45) is 5.92 Å². The number of carbonyl (C=O) groups is 2. The summed E-state index contributed by atoms with van der Waals surface area (Å²) in [6.07, 6.45) is 11.1. The minimum atomic E-state index is -0.359. The number of carbonyl (C=O) groups excluding carboxylic acids is 2. The fourth-order valence-electron chi connectivity index (χ4n) is 4.85. The van der Waals surface area contributed by atoms with Gasteiger partial charge in [-0.1, -0.05) is 19.3 Å². The predicted octanol–water partition coefficient (Wildman–Crippen LogP) is 5.20. The van der Waals surface area contributed by atoms with Gasteiger partial charge in [0.25, 0.3) is 5.91 Å². The summed E-state index contributed by atoms with van der Waals surface area (Å²) in [6.45, 7) is 2.52. The average molecular weight is 439 g/mol. The highest BCUT2D eigenvalue weighted by atomic mass is 19.1. The molecule has 170 valence electrons. The van der Waals surface area contributed by atoms with Gasteiger partial charge in [0.1, 0.15) is 5.82 Å². The number of halogens is 1. The zero-order valence-electron chi connectivity index (χ0n) is 18.6. The lowest BCUT2D eigenvalue weighted by molar-refractivity contribution is -0.136. The summed E-state index contributed by atoms with van der Waals surface area (Å²) in [5, 5.41) is 2.75. The van der Waals surface area contributed by atoms with Crippen molar-refractivity contribution in [2.45, 2.75) is 70.8 Å². The lowest BCUT2D eigenvalue weighted by atomic mass is 9.86. The molecule has 2 aliphatic rings. The molecule has 0 radical (unpaired) electrons. The van der Waals surface area contributed by atoms with Gasteiger partial charge in [-0.3, -0.25) is 9.59 Å². The SMILES string of the molecule is Cc1nc([C@H]2CCCCN2C(=O)CC2CCCCC2)ncc1C(=O)Nc1ccc(F)cc1. The quantitative estimate of drug-likeness (QED) is 0.696. The van der Waals surface area contributed by atoms with Crippen molar-refractivity contribution < 1.29 is 14.0 Å². The first-order chi connectivity index (χ1) is 15.5. The summed E-state index contributed by atoms with van der Waals surface area (Å²) in [5.74, 6) is 0.619. The molecule has 2 heterocycles. The molecule has 1 N–H and O–H groups in total. The zero-order chi connectivity index (χ0) is 22.5. The molecule has 32 heavy (non-hydrogen) atoms. The first-order valence-electron chi connectivity index (χ1n) is 11.7. The molecule has 2 fully saturated rings. The van der Waals surface area contributed by atoms with Crippen LogP contribution < -0.4 is 5.32 Å². The Kier molecular flexibility index (Phi) is 7.12. The molecule has 0 bridgehead atoms. The second kappa shape index (κ2) is 10.2. The van der Waals surface area contributed by atoms with E-state index < -0.39 is 0 Å². The van der Waals surface area contributed by atoms with Crippen molar-refractivity contribution in [3.8, 4) is 0 Å². The minimum Gasteiger partial charge on any atom is -0.332 e. The van der Waals surface area contributed by atoms with Gasteiger partial charge in [0.15, 0.2) is 5.82 Å². The van der Waals surface area contributed by atoms with Crippen LogP contribution in [0.25, 0.3) is 0 Å². The van der Waals surface area contributed by atoms with E-state index in [2.05, 4.69) is 15.3 Å². The molecule has 1 aliphatic heterocycles. The third kappa shape index (κ3) is 5.31. The fourth-order valence-corrected chi connectivity index (χ4v) is 4.85. The van der Waals surface area contributed by atoms with Crippen molar-refractivity contribution in [1.82, 2.24) is 14.9 Å². The molecule has 6 nitrogen and oxygen atoms in total. The number of rotatable bonds is 5. The number of nitrogens with zero attached hydrogens (tertiary/aromatic N) is 3. The van der Waals surface area contributed by atoms with E-state index in [4.69, 9.17) is 0 Å². The van der Waals surface area contributed by atoms with E-state index in [1.807, 2.05) is 4.90 Å². The van der Waals surface area contributed by atoms with Crippen molar-refractivity contribution >= 4 is 17.5 Å². The van der Waals surface area contributed by atoms with E-state index in [0.29, 0.717) is 35.1 Å². The van der Waals surface area contributed by atoms with Crippen LogP contribution in [0.4, 0.5) is 10.1 Å². The van der Waals surface area contributed by atoms with Crippen molar-refractivity contribution in [3.05, 3.63) is 53.4 Å². The Hall–Kier alpha value is -2.83. The van der Waals surface area contributed by atoms with E-state index in [-0.39, 0.29) is 23.7 Å². The Labute approximate surface area is 188 Å². The van der Waals surface area contributed by atoms with Crippen LogP contribution in [-0.2, 0) is 4.79 Å². The maximum atomic E-state index is 13.1. The van der Waals surface area contributed by atoms with E-state index in [1.165, 1.54) is 49.7 Å². The van der Waals surface area contributed by atoms with Gasteiger partial charge >= 0.3 is 0 Å². The molecular formula is C25H31FN4O2. The maximum absolute atomic E-state index is 13.1. The summed E-state index contributed by atoms with van der Waals surface area (Å²) in [5.41, 5.74) is 1.44. The van der Waals surface area contributed by atoms with E-state index in [9.17, 15) is 14.0 Å². The van der Waals surface area contributed by atoms with Gasteiger partial charge in [-0.25, -0.2) is 14.4 Å². The van der Waals surface area contributed by atoms with Crippen LogP contribution in [0.5, 0.6) is 0 Å². The van der Waals surface area contributed by atoms with E-state index in [0.717, 1.165) is 38.6 Å². The van der Waals surface area contributed by atoms with Gasteiger partial charge in [0.2, 0.25) is 5.91 Å². The Morgan fingerprint density at radius 1 is 1.06 bits per heavy atom. The Bertz CT molecular complexity index is 957. The standard InChI is InChI=1S/C25H31FN4O2/c1-17-21(25(32)29-20-12-10-19(26)11-13-20)16-27-24(28-17)22-9-5-6-14-30(22)23(31)15-18-7-3-2-4-8-18/h10-13,16,18,22H,2-9,14-15H2,1H3,(H,29,32)/t22-/m1/s1. The summed E-state index contributed by atoms with van der Waals surface area (Å²) in [7, 11) is 0. The third-order valence-electron chi connectivity index (χ3n) is 6.65. The van der Waals surface area contributed by atoms with Gasteiger partial charge < -0.3 is 10.2 Å². The molecular weight excluding hydrogens is 407 g/mol. The molecule has 2 amide bonds. The largest absolute Gasteiger partial charge is 0.332 e. The molecule has 7 heteroatoms. The summed E-state index contributed by atoms with van der Waals surface area (Å²) >= 11 is 0. The molecule has 1 saturated heterocycles. The molecule has 1 aromatic heterocycles. The van der Waals surface area contributed by atoms with Crippen LogP contribution in [0.2, 0.25) is 0 Å². The molecule has 1 atom stereocenters. The number of piperidine rings is 1. The second-order valence-electron chi connectivity index (χ2n) is 9.00. The molecule has 1 aromatic carbocycles. The van der Waals surface area contributed by atoms with Gasteiger partial charge in [0.05, 0.1) is 17.3 Å². The minimum absolute atomic E-state index is 0.132. The van der Waals surface area contributed by atoms with Crippen molar-refractivity contribution in [2.75, 3.05) is 11.9 Å². The number of hydrogen-bond acceptors (Lipinski definition) is 4. The zero-order valence-corrected chi connectivity index (χ0v) is 18.6. The molecule has 2 aromatic rings. The van der Waals surface area contributed by atoms with Crippen molar-refractivity contribution in [3.63, 3.8) is 0 Å². The van der Waals surface area contributed by atoms with Crippen LogP contribution in [0, 0.1) is 18.7 Å². The van der Waals surface area contributed by atoms with Crippen LogP contribution in [0.15, 0.2) is 30.5 Å². The van der Waals surface area contributed by atoms with Gasteiger partial charge in [0, 0.05) is 24.8 Å². The number of amides is 2. The molecule has 1 aliphatic carbocycles. The average Bonchev–Trinajstić information content (AvgIpc) is 2.81. The summed E-state index contributed by atoms with van der Waals surface area (Å²) in [4.78, 5) is 36.9. The number of hydrogen-bond donors (Lipinski definition) is 1. The Morgan fingerprint density at radius 3 is 2.50 bits per heavy atom. The second-order valence-corrected chi connectivity index (χ2v) is 9.00. The molecule has 0 spiro atoms. The summed E-state index contributed by atoms with van der Waals surface area (Å²) in [6, 6.07) is 5.48. The molecule has 1 saturated carbocycles. The topological polar surface area (TPSA) is 75.2 Å². The Morgan fingerprint density at radius 2 is 1.78 bits per heavy atom. The number of anilines is 1. The van der Waals surface area contributed by atoms with Crippen molar-refractivity contribution in [1.29, 1.82) is 0 Å². The van der Waals surface area contributed by atoms with Gasteiger partial charge in [-0.2, -0.15) is 0 Å². The monoisotopic (exact) mass is 438 g/mol. The lowest BCUT2D eigenvalue weighted by Gasteiger charge is -2.36. The summed E-state index contributed by atoms with van der Waals surface area (Å²) < 4.78 is 13.1. The highest BCUT2D eigenvalue weighted by Gasteiger charge is 2.31. The van der Waals surface area contributed by atoms with Gasteiger partial charge in [-0.05, 0) is 69.2 Å². The fraction of sp³-hybridized carbons (Fsp3) is 0.520. The predicted molar refractivity (Wildman–Crippen MR) is 121 cm³/mol. The third-order valence-corrected chi connectivity index (χ3v) is 6.65. The normalized spacial score (nSPS) is 19.6. The highest BCUT2D eigenvalue weighted by Crippen LogP contribution is 2.33. The number of benzene rings is 1. The maximum Gasteiger partial charge on any atom is 0.259 e. The van der Waals surface area contributed by atoms with Crippen LogP contribution in [0.3, 0.4) is 0 Å². The molecule has 4 rings (SSSR count). The number of nitrogens with one attached hydrogen (secondary N) is 1. The van der Waals surface area contributed by atoms with Crippen LogP contribution in [0.1, 0.15) is 85.7 Å². The van der Waals surface area contributed by atoms with Crippen LogP contribution in [-0.4, -0.2) is 33.2 Å². The first kappa shape index (κ1) is 22.4. The van der Waals surface area contributed by atoms with E-state index >= 15 is 0 Å². The Balaban J connectivity index is 1.46. The number of aromatic nitrogens is 2. The lowest BCUT2D eigenvalue weighted by Crippen LogP contribution is -2.40. The highest BCUT2D eigenvalue weighted by molar-refractivity contribution is 6.04. The van der Waals surface area contributed by atoms with Crippen LogP contribution >= 0.6 is 0 Å². The molecule has 0 unspecified atom stereocenters. The van der Waals surface area contributed by atoms with Gasteiger partial charge in [-0.15, -0.1) is 0 Å². The van der Waals surface area contributed by atoms with E-state index in [1.54, 1.807) is 6.92 Å². The smallest absolute Gasteiger partial charge is 0.259 e. The number of aryl methyl sites for hydroxylation is 1.